The van der Waals surface area contributed by atoms with E-state index in [1.165, 1.54) is 12.1 Å². The molecular formula is C17H26N2O6S. The van der Waals surface area contributed by atoms with Gasteiger partial charge in [-0.05, 0) is 18.6 Å². The molecule has 0 atom stereocenters. The van der Waals surface area contributed by atoms with Crippen LogP contribution in [-0.4, -0.2) is 66.3 Å². The zero-order chi connectivity index (χ0) is 19.0. The Morgan fingerprint density at radius 1 is 1.27 bits per heavy atom. The number of carbonyl (C=O) groups excluding carboxylic acids is 1. The first-order valence-electron chi connectivity index (χ1n) is 8.56. The number of hydrogen-bond donors (Lipinski definition) is 1. The summed E-state index contributed by atoms with van der Waals surface area (Å²) in [6, 6.07) is 4.50. The van der Waals surface area contributed by atoms with E-state index >= 15 is 0 Å². The van der Waals surface area contributed by atoms with Crippen LogP contribution in [0.1, 0.15) is 19.3 Å². The minimum absolute atomic E-state index is 0.0320. The Labute approximate surface area is 154 Å². The molecule has 0 aromatic heterocycles. The highest BCUT2D eigenvalue weighted by Crippen LogP contribution is 2.31. The lowest BCUT2D eigenvalue weighted by atomic mass is 10.3. The van der Waals surface area contributed by atoms with Gasteiger partial charge in [0.15, 0.2) is 11.5 Å². The first kappa shape index (κ1) is 20.5. The van der Waals surface area contributed by atoms with Gasteiger partial charge in [-0.2, -0.15) is 0 Å². The molecule has 146 valence electrons. The van der Waals surface area contributed by atoms with Crippen LogP contribution in [0.2, 0.25) is 0 Å². The second-order valence-corrected chi connectivity index (χ2v) is 7.74. The van der Waals surface area contributed by atoms with E-state index in [0.29, 0.717) is 37.9 Å². The van der Waals surface area contributed by atoms with E-state index < -0.39 is 10.0 Å². The SMILES string of the molecule is COCCCN(C)C(=O)CCNS(=O)(=O)c1ccc2c(c1)OCCCO2. The minimum atomic E-state index is -3.72. The number of benzene rings is 1. The number of sulfonamides is 1. The molecule has 1 aromatic carbocycles. The molecule has 0 radical (unpaired) electrons. The van der Waals surface area contributed by atoms with E-state index in [9.17, 15) is 13.2 Å². The lowest BCUT2D eigenvalue weighted by Crippen LogP contribution is -2.33. The van der Waals surface area contributed by atoms with Crippen LogP contribution in [0.3, 0.4) is 0 Å². The summed E-state index contributed by atoms with van der Waals surface area (Å²) in [6.45, 7) is 2.20. The monoisotopic (exact) mass is 386 g/mol. The van der Waals surface area contributed by atoms with Gasteiger partial charge in [-0.1, -0.05) is 0 Å². The van der Waals surface area contributed by atoms with Gasteiger partial charge in [0.1, 0.15) is 0 Å². The fourth-order valence-corrected chi connectivity index (χ4v) is 3.49. The Morgan fingerprint density at radius 3 is 2.73 bits per heavy atom. The zero-order valence-corrected chi connectivity index (χ0v) is 16.0. The molecule has 0 fully saturated rings. The van der Waals surface area contributed by atoms with Crippen molar-refractivity contribution < 1.29 is 27.4 Å². The van der Waals surface area contributed by atoms with Crippen molar-refractivity contribution in [3.8, 4) is 11.5 Å². The van der Waals surface area contributed by atoms with Gasteiger partial charge in [-0.25, -0.2) is 13.1 Å². The first-order valence-corrected chi connectivity index (χ1v) is 10.0. The third kappa shape index (κ3) is 5.86. The van der Waals surface area contributed by atoms with Crippen molar-refractivity contribution in [2.24, 2.45) is 0 Å². The predicted molar refractivity (Wildman–Crippen MR) is 96.0 cm³/mol. The molecule has 8 nitrogen and oxygen atoms in total. The Morgan fingerprint density at radius 2 is 2.00 bits per heavy atom. The van der Waals surface area contributed by atoms with Crippen LogP contribution in [0.4, 0.5) is 0 Å². The highest BCUT2D eigenvalue weighted by molar-refractivity contribution is 7.89. The second-order valence-electron chi connectivity index (χ2n) is 5.97. The number of rotatable bonds is 9. The highest BCUT2D eigenvalue weighted by atomic mass is 32.2. The van der Waals surface area contributed by atoms with Gasteiger partial charge in [0.25, 0.3) is 0 Å². The number of nitrogens with one attached hydrogen (secondary N) is 1. The van der Waals surface area contributed by atoms with Gasteiger partial charge in [0, 0.05) is 52.8 Å². The summed E-state index contributed by atoms with van der Waals surface area (Å²) in [6.07, 6.45) is 1.57. The summed E-state index contributed by atoms with van der Waals surface area (Å²) < 4.78 is 43.2. The van der Waals surface area contributed by atoms with E-state index in [2.05, 4.69) is 4.72 Å². The smallest absolute Gasteiger partial charge is 0.240 e. The van der Waals surface area contributed by atoms with Gasteiger partial charge < -0.3 is 19.1 Å². The molecule has 1 aliphatic heterocycles. The Kier molecular flexibility index (Phi) is 7.67. The summed E-state index contributed by atoms with van der Waals surface area (Å²) in [7, 11) is -0.426. The average molecular weight is 386 g/mol. The summed E-state index contributed by atoms with van der Waals surface area (Å²) in [5.74, 6) is 0.830. The number of fused-ring (bicyclic) bond motifs is 1. The minimum Gasteiger partial charge on any atom is -0.490 e. The van der Waals surface area contributed by atoms with Crippen molar-refractivity contribution in [1.82, 2.24) is 9.62 Å². The van der Waals surface area contributed by atoms with Gasteiger partial charge in [0.05, 0.1) is 18.1 Å². The molecule has 0 unspecified atom stereocenters. The van der Waals surface area contributed by atoms with Crippen molar-refractivity contribution in [3.63, 3.8) is 0 Å². The molecule has 2 rings (SSSR count). The van der Waals surface area contributed by atoms with Crippen LogP contribution in [0.25, 0.3) is 0 Å². The molecule has 0 spiro atoms. The fraction of sp³-hybridized carbons (Fsp3) is 0.588. The molecule has 9 heteroatoms. The Balaban J connectivity index is 1.88. The van der Waals surface area contributed by atoms with Crippen molar-refractivity contribution >= 4 is 15.9 Å². The topological polar surface area (TPSA) is 94.2 Å². The van der Waals surface area contributed by atoms with Crippen molar-refractivity contribution in [2.45, 2.75) is 24.2 Å². The summed E-state index contributed by atoms with van der Waals surface area (Å²) in [5, 5.41) is 0. The van der Waals surface area contributed by atoms with E-state index in [-0.39, 0.29) is 23.8 Å². The molecule has 1 aromatic rings. The van der Waals surface area contributed by atoms with E-state index in [1.54, 1.807) is 25.1 Å². The third-order valence-corrected chi connectivity index (χ3v) is 5.39. The molecule has 1 heterocycles. The van der Waals surface area contributed by atoms with Crippen molar-refractivity contribution in [3.05, 3.63) is 18.2 Å². The van der Waals surface area contributed by atoms with Gasteiger partial charge >= 0.3 is 0 Å². The summed E-state index contributed by atoms with van der Waals surface area (Å²) >= 11 is 0. The maximum Gasteiger partial charge on any atom is 0.240 e. The van der Waals surface area contributed by atoms with Crippen LogP contribution >= 0.6 is 0 Å². The molecule has 1 aliphatic rings. The molecule has 0 saturated heterocycles. The van der Waals surface area contributed by atoms with Crippen molar-refractivity contribution in [2.75, 3.05) is 47.1 Å². The number of ether oxygens (including phenoxy) is 3. The van der Waals surface area contributed by atoms with Crippen LogP contribution in [0.5, 0.6) is 11.5 Å². The second kappa shape index (κ2) is 9.75. The van der Waals surface area contributed by atoms with Crippen LogP contribution in [0.15, 0.2) is 23.1 Å². The Bertz CT molecular complexity index is 707. The summed E-state index contributed by atoms with van der Waals surface area (Å²) in [4.78, 5) is 13.7. The normalized spacial score (nSPS) is 13.9. The number of nitrogens with zero attached hydrogens (tertiary/aromatic N) is 1. The van der Waals surface area contributed by atoms with E-state index in [0.717, 1.165) is 12.8 Å². The van der Waals surface area contributed by atoms with Crippen molar-refractivity contribution in [1.29, 1.82) is 0 Å². The van der Waals surface area contributed by atoms with Crippen LogP contribution in [-0.2, 0) is 19.6 Å². The van der Waals surface area contributed by atoms with Crippen LogP contribution in [0, 0.1) is 0 Å². The molecule has 1 N–H and O–H groups in total. The molecule has 1 amide bonds. The largest absolute Gasteiger partial charge is 0.490 e. The van der Waals surface area contributed by atoms with E-state index in [4.69, 9.17) is 14.2 Å². The maximum atomic E-state index is 12.4. The molecule has 0 saturated carbocycles. The summed E-state index contributed by atoms with van der Waals surface area (Å²) in [5.41, 5.74) is 0. The molecular weight excluding hydrogens is 360 g/mol. The number of methoxy groups -OCH3 is 1. The van der Waals surface area contributed by atoms with Crippen LogP contribution < -0.4 is 14.2 Å². The fourth-order valence-electron chi connectivity index (χ4n) is 2.45. The highest BCUT2D eigenvalue weighted by Gasteiger charge is 2.19. The van der Waals surface area contributed by atoms with Gasteiger partial charge in [-0.3, -0.25) is 4.79 Å². The quantitative estimate of drug-likeness (QED) is 0.637. The van der Waals surface area contributed by atoms with Gasteiger partial charge in [0.2, 0.25) is 15.9 Å². The molecule has 0 bridgehead atoms. The average Bonchev–Trinajstić information content (AvgIpc) is 2.86. The lowest BCUT2D eigenvalue weighted by Gasteiger charge is -2.17. The maximum absolute atomic E-state index is 12.4. The predicted octanol–water partition coefficient (Wildman–Crippen LogP) is 1.01. The number of amides is 1. The standard InChI is InChI=1S/C17H26N2O6S/c1-19(9-3-10-23-2)17(20)7-8-18-26(21,22)14-5-6-15-16(13-14)25-12-4-11-24-15/h5-6,13,18H,3-4,7-12H2,1-2H3. The van der Waals surface area contributed by atoms with E-state index in [1.807, 2.05) is 0 Å². The first-order chi connectivity index (χ1) is 12.4. The number of hydrogen-bond acceptors (Lipinski definition) is 6. The Hall–Kier alpha value is -1.84. The zero-order valence-electron chi connectivity index (χ0n) is 15.2. The lowest BCUT2D eigenvalue weighted by molar-refractivity contribution is -0.129. The number of carbonyl (C=O) groups is 1. The van der Waals surface area contributed by atoms with Gasteiger partial charge in [-0.15, -0.1) is 0 Å². The molecule has 0 aliphatic carbocycles. The molecule has 26 heavy (non-hydrogen) atoms. The third-order valence-electron chi connectivity index (χ3n) is 3.93.